The molecule has 3 aliphatic rings. The summed E-state index contributed by atoms with van der Waals surface area (Å²) in [6, 6.07) is 5.48. The summed E-state index contributed by atoms with van der Waals surface area (Å²) in [4.78, 5) is 14.9. The molecule has 3 atom stereocenters. The van der Waals surface area contributed by atoms with Crippen LogP contribution in [-0.4, -0.2) is 56.7 Å². The number of hydrogen-bond donors (Lipinski definition) is 0. The van der Waals surface area contributed by atoms with E-state index in [-0.39, 0.29) is 23.3 Å². The fourth-order valence-corrected chi connectivity index (χ4v) is 5.84. The second-order valence-corrected chi connectivity index (χ2v) is 10.3. The lowest BCUT2D eigenvalue weighted by molar-refractivity contribution is -0.0350. The molecule has 2 bridgehead atoms. The largest absolute Gasteiger partial charge is 0.501 e. The van der Waals surface area contributed by atoms with Crippen LogP contribution < -0.4 is 4.74 Å². The van der Waals surface area contributed by atoms with Crippen molar-refractivity contribution in [2.24, 2.45) is 5.92 Å². The molecule has 1 saturated carbocycles. The summed E-state index contributed by atoms with van der Waals surface area (Å²) >= 11 is 0. The second-order valence-electron chi connectivity index (χ2n) is 10.3. The van der Waals surface area contributed by atoms with Gasteiger partial charge in [-0.05, 0) is 75.6 Å². The number of carbonyl (C=O) groups excluding carboxylic acids is 1. The Morgan fingerprint density at radius 3 is 2.65 bits per heavy atom. The molecule has 0 unspecified atom stereocenters. The van der Waals surface area contributed by atoms with Gasteiger partial charge < -0.3 is 14.4 Å². The third-order valence-corrected chi connectivity index (χ3v) is 7.07. The lowest BCUT2D eigenvalue weighted by Crippen LogP contribution is -2.62. The maximum atomic E-state index is 13.1. The number of ether oxygens (including phenoxy) is 2. The van der Waals surface area contributed by atoms with Crippen LogP contribution >= 0.6 is 0 Å². The molecular weight excluding hydrogens is 398 g/mol. The normalized spacial score (nSPS) is 28.0. The van der Waals surface area contributed by atoms with E-state index in [2.05, 4.69) is 0 Å². The molecule has 31 heavy (non-hydrogen) atoms. The number of alkyl halides is 2. The van der Waals surface area contributed by atoms with Crippen LogP contribution in [0.3, 0.4) is 0 Å². The first-order valence-electron chi connectivity index (χ1n) is 11.1. The van der Waals surface area contributed by atoms with Crippen molar-refractivity contribution < 1.29 is 23.0 Å². The fourth-order valence-electron chi connectivity index (χ4n) is 5.84. The quantitative estimate of drug-likeness (QED) is 0.675. The number of nitrogens with zero attached hydrogens (tertiary/aromatic N) is 1. The highest BCUT2D eigenvalue weighted by molar-refractivity contribution is 6.39. The van der Waals surface area contributed by atoms with Crippen LogP contribution in [0, 0.1) is 5.92 Å². The topological polar surface area (TPSA) is 38.8 Å². The van der Waals surface area contributed by atoms with E-state index in [4.69, 9.17) is 25.2 Å². The highest BCUT2D eigenvalue weighted by Gasteiger charge is 2.55. The molecule has 1 aliphatic heterocycles. The number of rotatable bonds is 3. The summed E-state index contributed by atoms with van der Waals surface area (Å²) in [5, 5.41) is -2.53. The van der Waals surface area contributed by atoms with Crippen molar-refractivity contribution in [3.63, 3.8) is 0 Å². The first-order chi connectivity index (χ1) is 14.4. The van der Waals surface area contributed by atoms with Gasteiger partial charge >= 0.3 is 6.09 Å². The molecule has 1 aromatic carbocycles. The minimum absolute atomic E-state index is 0.0762. The maximum absolute atomic E-state index is 13.1. The van der Waals surface area contributed by atoms with Gasteiger partial charge in [-0.3, -0.25) is 0 Å². The number of hydrogen-bond acceptors (Lipinski definition) is 3. The number of likely N-dealkylation sites (tertiary alicyclic amines) is 1. The second kappa shape index (κ2) is 7.70. The zero-order valence-electron chi connectivity index (χ0n) is 18.5. The van der Waals surface area contributed by atoms with Crippen molar-refractivity contribution in [2.75, 3.05) is 6.54 Å². The van der Waals surface area contributed by atoms with E-state index < -0.39 is 17.4 Å². The molecule has 1 saturated heterocycles. The zero-order valence-corrected chi connectivity index (χ0v) is 18.5. The summed E-state index contributed by atoms with van der Waals surface area (Å²) in [6.45, 7) is 6.26. The Balaban J connectivity index is 1.69. The predicted molar refractivity (Wildman–Crippen MR) is 116 cm³/mol. The first kappa shape index (κ1) is 22.5. The maximum Gasteiger partial charge on any atom is 0.410 e. The van der Waals surface area contributed by atoms with E-state index >= 15 is 0 Å². The Labute approximate surface area is 185 Å². The van der Waals surface area contributed by atoms with Crippen LogP contribution in [0.15, 0.2) is 18.2 Å². The van der Waals surface area contributed by atoms with E-state index in [1.54, 1.807) is 6.07 Å². The van der Waals surface area contributed by atoms with Crippen LogP contribution in [0.2, 0.25) is 0 Å². The predicted octanol–water partition coefficient (Wildman–Crippen LogP) is 4.31. The monoisotopic (exact) mass is 427 g/mol. The molecule has 2 aliphatic carbocycles. The van der Waals surface area contributed by atoms with Gasteiger partial charge in [-0.25, -0.2) is 13.6 Å². The molecule has 0 spiro atoms. The number of amides is 1. The third-order valence-electron chi connectivity index (χ3n) is 7.07. The van der Waals surface area contributed by atoms with Crippen molar-refractivity contribution in [2.45, 2.75) is 88.2 Å². The van der Waals surface area contributed by atoms with Gasteiger partial charge in [-0.15, -0.1) is 0 Å². The summed E-state index contributed by atoms with van der Waals surface area (Å²) in [5.74, 6) is 0.566. The van der Waals surface area contributed by atoms with Crippen molar-refractivity contribution in [3.05, 3.63) is 29.3 Å². The average Bonchev–Trinajstić information content (AvgIpc) is 2.66. The van der Waals surface area contributed by atoms with E-state index in [9.17, 15) is 13.6 Å². The molecule has 0 aromatic heterocycles. The third kappa shape index (κ3) is 4.07. The Kier molecular flexibility index (Phi) is 5.58. The van der Waals surface area contributed by atoms with Gasteiger partial charge in [0.2, 0.25) is 0 Å². The molecule has 4 radical (unpaired) electrons. The van der Waals surface area contributed by atoms with Gasteiger partial charge in [0.05, 0.1) is 5.40 Å². The Hall–Kier alpha value is -1.72. The summed E-state index contributed by atoms with van der Waals surface area (Å²) in [7, 11) is 10.9. The Bertz CT molecular complexity index is 858. The molecule has 1 amide bonds. The standard InChI is InChI=1S/C23H29B2F2NO3/c1-21(2,3)31-20(29)28-11-10-22-9-5-4-6-16(22)18(28)12-14-7-8-15(13-17(14)22)30-23(24,25)19(26)27/h7-8,13,16,18-19H,4-6,9-12H2,1-3H3/t16-,18+,22+/m1/s1. The molecular formula is C23H29B2F2NO3. The molecule has 2 fully saturated rings. The molecule has 1 heterocycles. The smallest absolute Gasteiger partial charge is 0.410 e. The first-order valence-corrected chi connectivity index (χ1v) is 11.1. The zero-order chi connectivity index (χ0) is 22.6. The van der Waals surface area contributed by atoms with Crippen LogP contribution in [0.25, 0.3) is 0 Å². The van der Waals surface area contributed by atoms with E-state index in [0.717, 1.165) is 43.2 Å². The van der Waals surface area contributed by atoms with Gasteiger partial charge in [0.1, 0.15) is 27.0 Å². The number of fused-ring (bicyclic) bond motifs is 1. The average molecular weight is 427 g/mol. The molecule has 1 aromatic rings. The molecule has 164 valence electrons. The fraction of sp³-hybridized carbons (Fsp3) is 0.696. The van der Waals surface area contributed by atoms with Crippen LogP contribution in [0.1, 0.15) is 64.0 Å². The molecule has 4 rings (SSSR count). The van der Waals surface area contributed by atoms with Crippen LogP contribution in [-0.2, 0) is 16.6 Å². The Morgan fingerprint density at radius 2 is 1.97 bits per heavy atom. The minimum Gasteiger partial charge on any atom is -0.501 e. The summed E-state index contributed by atoms with van der Waals surface area (Å²) in [6.07, 6.45) is 2.53. The number of piperidine rings is 1. The van der Waals surface area contributed by atoms with Gasteiger partial charge in [-0.1, -0.05) is 18.9 Å². The number of carbonyl (C=O) groups is 1. The number of halogens is 2. The highest BCUT2D eigenvalue weighted by Crippen LogP contribution is 2.56. The molecule has 8 heteroatoms. The van der Waals surface area contributed by atoms with Gasteiger partial charge in [0.15, 0.2) is 0 Å². The molecule has 0 N–H and O–H groups in total. The van der Waals surface area contributed by atoms with Crippen LogP contribution in [0.4, 0.5) is 13.6 Å². The minimum atomic E-state index is -3.01. The van der Waals surface area contributed by atoms with E-state index in [0.29, 0.717) is 18.9 Å². The summed E-state index contributed by atoms with van der Waals surface area (Å²) in [5.41, 5.74) is 1.63. The van der Waals surface area contributed by atoms with Gasteiger partial charge in [0.25, 0.3) is 6.43 Å². The van der Waals surface area contributed by atoms with Crippen molar-refractivity contribution in [1.82, 2.24) is 4.90 Å². The lowest BCUT2D eigenvalue weighted by atomic mass is 9.52. The Morgan fingerprint density at radius 1 is 1.23 bits per heavy atom. The summed E-state index contributed by atoms with van der Waals surface area (Å²) < 4.78 is 37.2. The van der Waals surface area contributed by atoms with Crippen LogP contribution in [0.5, 0.6) is 5.75 Å². The highest BCUT2D eigenvalue weighted by atomic mass is 19.3. The van der Waals surface area contributed by atoms with Gasteiger partial charge in [-0.2, -0.15) is 0 Å². The van der Waals surface area contributed by atoms with E-state index in [1.807, 2.05) is 37.8 Å². The lowest BCUT2D eigenvalue weighted by Gasteiger charge is -2.58. The van der Waals surface area contributed by atoms with E-state index in [1.165, 1.54) is 0 Å². The molecule has 4 nitrogen and oxygen atoms in total. The van der Waals surface area contributed by atoms with Crippen molar-refractivity contribution in [1.29, 1.82) is 0 Å². The number of benzene rings is 1. The van der Waals surface area contributed by atoms with Crippen molar-refractivity contribution in [3.8, 4) is 5.75 Å². The van der Waals surface area contributed by atoms with Crippen molar-refractivity contribution >= 4 is 21.8 Å². The van der Waals surface area contributed by atoms with Gasteiger partial charge in [0, 0.05) is 18.0 Å². The SMILES string of the molecule is [B]C([B])(Oc1ccc2c(c1)[C@]13CCCC[C@@H]1[C@H](C2)N(C(=O)OC(C)(C)C)CC3)C(F)F.